The molecule has 6 heterocycles. The zero-order chi connectivity index (χ0) is 42.6. The fourth-order valence-electron chi connectivity index (χ4n) is 10.6. The van der Waals surface area contributed by atoms with E-state index in [0.29, 0.717) is 0 Å². The predicted octanol–water partition coefficient (Wildman–Crippen LogP) is 13.7. The van der Waals surface area contributed by atoms with Gasteiger partial charge >= 0.3 is 0 Å². The number of pyridine rings is 2. The van der Waals surface area contributed by atoms with Gasteiger partial charge in [0.1, 0.15) is 22.4 Å². The maximum absolute atomic E-state index is 7.43. The Bertz CT molecular complexity index is 3930. The summed E-state index contributed by atoms with van der Waals surface area (Å²) < 4.78 is 19.0. The molecule has 0 unspecified atom stereocenters. The van der Waals surface area contributed by atoms with E-state index in [9.17, 15) is 0 Å². The molecule has 7 heteroatoms. The number of benzene rings is 8. The third kappa shape index (κ3) is 5.23. The maximum Gasteiger partial charge on any atom is 0.185 e. The Kier molecular flexibility index (Phi) is 8.01. The third-order valence-electron chi connectivity index (χ3n) is 13.4. The van der Waals surface area contributed by atoms with Gasteiger partial charge in [-0.05, 0) is 51.1 Å². The van der Waals surface area contributed by atoms with Crippen molar-refractivity contribution < 1.29 is 8.83 Å². The molecule has 8 aromatic carbocycles. The van der Waals surface area contributed by atoms with E-state index in [2.05, 4.69) is 176 Å². The lowest BCUT2D eigenvalue weighted by molar-refractivity contribution is 0.664. The van der Waals surface area contributed by atoms with Crippen molar-refractivity contribution in [3.05, 3.63) is 207 Å². The molecule has 6 aromatic heterocycles. The first-order valence-corrected chi connectivity index (χ1v) is 25.4. The first kappa shape index (κ1) is 36.8. The fourth-order valence-corrected chi connectivity index (χ4v) is 18.6. The van der Waals surface area contributed by atoms with Crippen molar-refractivity contribution in [2.45, 2.75) is 0 Å². The van der Waals surface area contributed by atoms with Gasteiger partial charge in [0.2, 0.25) is 0 Å². The van der Waals surface area contributed by atoms with Gasteiger partial charge in [-0.25, -0.2) is 0 Å². The van der Waals surface area contributed by atoms with Crippen LogP contribution < -0.4 is 20.7 Å². The summed E-state index contributed by atoms with van der Waals surface area (Å²) in [6.45, 7) is 0. The molecular weight excluding hydrogens is 849 g/mol. The van der Waals surface area contributed by atoms with E-state index in [1.807, 2.05) is 53.3 Å². The fraction of sp³-hybridized carbons (Fsp3) is 0. The van der Waals surface area contributed by atoms with Crippen molar-refractivity contribution in [1.82, 2.24) is 9.97 Å². The highest BCUT2D eigenvalue weighted by Crippen LogP contribution is 2.45. The Balaban J connectivity index is 1.07. The van der Waals surface area contributed by atoms with Gasteiger partial charge < -0.3 is 8.83 Å². The Labute approximate surface area is 381 Å². The molecule has 0 atom stereocenters. The molecule has 14 rings (SSSR count). The summed E-state index contributed by atoms with van der Waals surface area (Å²) in [5, 5.41) is 14.4. The minimum Gasteiger partial charge on any atom is -0.455 e. The topological polar surface area (TPSA) is 52.1 Å². The summed E-state index contributed by atoms with van der Waals surface area (Å²) in [4.78, 5) is 10.1. The molecule has 0 fully saturated rings. The Hall–Kier alpha value is -7.68. The average Bonchev–Trinajstić information content (AvgIpc) is 4.16. The monoisotopic (exact) mass is 882 g/mol. The molecule has 0 bridgehead atoms. The number of aromatic nitrogens is 2. The minimum absolute atomic E-state index is 0.758. The van der Waals surface area contributed by atoms with Crippen molar-refractivity contribution in [2.75, 3.05) is 0 Å². The van der Waals surface area contributed by atoms with Crippen molar-refractivity contribution in [3.8, 4) is 22.5 Å². The molecule has 4 nitrogen and oxygen atoms in total. The lowest BCUT2D eigenvalue weighted by Gasteiger charge is -2.34. The molecule has 304 valence electrons. The predicted molar refractivity (Wildman–Crippen MR) is 277 cm³/mol. The highest BCUT2D eigenvalue weighted by molar-refractivity contribution is 7.31. The summed E-state index contributed by atoms with van der Waals surface area (Å²) in [6, 6.07) is 70.4. The van der Waals surface area contributed by atoms with Gasteiger partial charge in [0.15, 0.2) is 13.7 Å². The van der Waals surface area contributed by atoms with E-state index < -0.39 is 8.07 Å². The van der Waals surface area contributed by atoms with Crippen molar-refractivity contribution >= 4 is 136 Å². The number of thiophene rings is 2. The Morgan fingerprint density at radius 2 is 0.892 bits per heavy atom. The molecule has 0 saturated carbocycles. The normalized spacial score (nSPS) is 12.3. The molecule has 0 aliphatic carbocycles. The van der Waals surface area contributed by atoms with Crippen LogP contribution in [0.1, 0.15) is 0 Å². The van der Waals surface area contributed by atoms with Gasteiger partial charge in [0.05, 0.1) is 10.4 Å². The van der Waals surface area contributed by atoms with Crippen LogP contribution in [0, 0.1) is 0 Å². The molecule has 0 N–H and O–H groups in total. The van der Waals surface area contributed by atoms with E-state index in [-0.39, 0.29) is 0 Å². The van der Waals surface area contributed by atoms with E-state index in [1.165, 1.54) is 66.7 Å². The van der Waals surface area contributed by atoms with Crippen LogP contribution in [0.25, 0.3) is 107 Å². The summed E-state index contributed by atoms with van der Waals surface area (Å²) in [5.41, 5.74) is 7.17. The number of hydrogen-bond acceptors (Lipinski definition) is 6. The third-order valence-corrected chi connectivity index (χ3v) is 20.9. The van der Waals surface area contributed by atoms with Crippen LogP contribution in [0.3, 0.4) is 0 Å². The number of para-hydroxylation sites is 3. The van der Waals surface area contributed by atoms with Crippen LogP contribution >= 0.6 is 22.7 Å². The second-order valence-corrected chi connectivity index (χ2v) is 22.5. The first-order valence-electron chi connectivity index (χ1n) is 21.8. The zero-order valence-corrected chi connectivity index (χ0v) is 37.3. The summed E-state index contributed by atoms with van der Waals surface area (Å²) in [5.74, 6) is 0. The van der Waals surface area contributed by atoms with Crippen molar-refractivity contribution in [2.24, 2.45) is 0 Å². The number of furan rings is 2. The van der Waals surface area contributed by atoms with Crippen LogP contribution in [0.15, 0.2) is 215 Å². The van der Waals surface area contributed by atoms with Crippen LogP contribution in [0.4, 0.5) is 0 Å². The average molecular weight is 883 g/mol. The van der Waals surface area contributed by atoms with E-state index in [1.54, 1.807) is 0 Å². The van der Waals surface area contributed by atoms with Crippen LogP contribution in [-0.2, 0) is 0 Å². The highest BCUT2D eigenvalue weighted by Gasteiger charge is 2.45. The van der Waals surface area contributed by atoms with Crippen LogP contribution in [0.5, 0.6) is 0 Å². The van der Waals surface area contributed by atoms with Crippen molar-refractivity contribution in [1.29, 1.82) is 0 Å². The van der Waals surface area contributed by atoms with Gasteiger partial charge in [0, 0.05) is 80.7 Å². The van der Waals surface area contributed by atoms with Crippen LogP contribution in [0.2, 0.25) is 0 Å². The van der Waals surface area contributed by atoms with Gasteiger partial charge in [-0.2, -0.15) is 0 Å². The minimum atomic E-state index is -3.21. The second-order valence-electron chi connectivity index (χ2n) is 16.7. The van der Waals surface area contributed by atoms with Gasteiger partial charge in [0.25, 0.3) is 0 Å². The van der Waals surface area contributed by atoms with Crippen molar-refractivity contribution in [3.63, 3.8) is 0 Å². The molecule has 0 spiro atoms. The highest BCUT2D eigenvalue weighted by atomic mass is 32.1. The standard InChI is InChI=1S/C58H34N2O2S2Si/c1-3-15-35(16-4-1)65(36-17-5-2-6-18-36,49-29-13-22-40-39-21-11-25-45(53(39)62-54(40)49)51-55-41(31-33-59-51)37-19-7-9-27-47(37)61-55)50-30-14-24-43-42-23-12-26-46(56(42)64-57(43)50)52-58-44(32-34-60-52)38-20-8-10-28-48(38)63-58/h1-34H. The summed E-state index contributed by atoms with van der Waals surface area (Å²) >= 11 is 3.73. The van der Waals surface area contributed by atoms with E-state index in [0.717, 1.165) is 60.8 Å². The zero-order valence-electron chi connectivity index (χ0n) is 34.7. The lowest BCUT2D eigenvalue weighted by Crippen LogP contribution is -2.74. The molecular formula is C58H34N2O2S2Si. The van der Waals surface area contributed by atoms with Crippen LogP contribution in [-0.4, -0.2) is 18.0 Å². The van der Waals surface area contributed by atoms with Gasteiger partial charge in [-0.15, -0.1) is 22.7 Å². The summed E-state index contributed by atoms with van der Waals surface area (Å²) in [6.07, 6.45) is 3.86. The number of rotatable bonds is 6. The summed E-state index contributed by atoms with van der Waals surface area (Å²) in [7, 11) is -3.21. The SMILES string of the molecule is c1ccc([Si](c2ccccc2)(c2cccc3c2oc2c(-c4nccc5c4oc4ccccc45)cccc23)c2cccc3c2sc2c(-c4nccc5c4sc4ccccc45)cccc23)cc1. The molecule has 14 aromatic rings. The molecule has 0 aliphatic rings. The molecule has 0 aliphatic heterocycles. The molecule has 65 heavy (non-hydrogen) atoms. The number of nitrogens with zero attached hydrogens (tertiary/aromatic N) is 2. The van der Waals surface area contributed by atoms with E-state index >= 15 is 0 Å². The first-order chi connectivity index (χ1) is 32.3. The maximum atomic E-state index is 7.43. The lowest BCUT2D eigenvalue weighted by atomic mass is 10.0. The molecule has 0 amide bonds. The quantitative estimate of drug-likeness (QED) is 0.123. The smallest absolute Gasteiger partial charge is 0.185 e. The number of fused-ring (bicyclic) bond motifs is 12. The van der Waals surface area contributed by atoms with E-state index in [4.69, 9.17) is 18.8 Å². The largest absolute Gasteiger partial charge is 0.455 e. The number of hydrogen-bond donors (Lipinski definition) is 0. The Morgan fingerprint density at radius 1 is 0.338 bits per heavy atom. The van der Waals surface area contributed by atoms with Gasteiger partial charge in [-0.3, -0.25) is 9.97 Å². The van der Waals surface area contributed by atoms with Gasteiger partial charge in [-0.1, -0.05) is 164 Å². The molecule has 0 saturated heterocycles. The molecule has 0 radical (unpaired) electrons. The Morgan fingerprint density at radius 3 is 1.68 bits per heavy atom. The second kappa shape index (κ2) is 14.2.